The molecule has 116 valence electrons. The average molecular weight is 303 g/mol. The van der Waals surface area contributed by atoms with Crippen molar-refractivity contribution in [2.45, 2.75) is 58.4 Å². The highest BCUT2D eigenvalue weighted by Crippen LogP contribution is 2.54. The van der Waals surface area contributed by atoms with Crippen LogP contribution in [0, 0.1) is 17.3 Å². The Bertz CT molecular complexity index is 466. The molecular formula is C14H25NO4S. The molecule has 0 aromatic heterocycles. The lowest BCUT2D eigenvalue weighted by Crippen LogP contribution is -2.47. The number of carboxylic acid groups (broad SMARTS) is 1. The summed E-state index contributed by atoms with van der Waals surface area (Å²) in [6.45, 7) is 3.63. The standard InChI is InChI=1S/C14H25NO4S/c1-3-10(2)12(13(16)17)15-20(18,19)9-14-6-4-11(8-14)5-7-14/h10-12,15H,3-9H2,1-2H3,(H,16,17)/t10-,11?,12-,14?/m0/s1. The number of carbonyl (C=O) groups is 1. The molecule has 2 bridgehead atoms. The van der Waals surface area contributed by atoms with Crippen LogP contribution in [0.5, 0.6) is 0 Å². The predicted molar refractivity (Wildman–Crippen MR) is 76.8 cm³/mol. The maximum atomic E-state index is 12.3. The zero-order valence-corrected chi connectivity index (χ0v) is 13.1. The second kappa shape index (κ2) is 5.64. The van der Waals surface area contributed by atoms with Gasteiger partial charge >= 0.3 is 5.97 Å². The fourth-order valence-electron chi connectivity index (χ4n) is 3.80. The summed E-state index contributed by atoms with van der Waals surface area (Å²) in [6.07, 6.45) is 5.83. The van der Waals surface area contributed by atoms with E-state index in [0.29, 0.717) is 12.3 Å². The number of carboxylic acids is 1. The van der Waals surface area contributed by atoms with Gasteiger partial charge in [0, 0.05) is 0 Å². The normalized spacial score (nSPS) is 32.2. The van der Waals surface area contributed by atoms with E-state index >= 15 is 0 Å². The van der Waals surface area contributed by atoms with E-state index in [-0.39, 0.29) is 17.1 Å². The Morgan fingerprint density at radius 2 is 2.00 bits per heavy atom. The Hall–Kier alpha value is -0.620. The summed E-state index contributed by atoms with van der Waals surface area (Å²) < 4.78 is 27.1. The molecule has 0 radical (unpaired) electrons. The molecule has 2 N–H and O–H groups in total. The van der Waals surface area contributed by atoms with Crippen molar-refractivity contribution in [2.24, 2.45) is 17.3 Å². The summed E-state index contributed by atoms with van der Waals surface area (Å²) in [6, 6.07) is -1.01. The Morgan fingerprint density at radius 1 is 1.40 bits per heavy atom. The highest BCUT2D eigenvalue weighted by molar-refractivity contribution is 7.89. The Labute approximate surface area is 121 Å². The molecule has 5 nitrogen and oxygen atoms in total. The zero-order valence-electron chi connectivity index (χ0n) is 12.3. The van der Waals surface area contributed by atoms with Gasteiger partial charge in [0.05, 0.1) is 5.75 Å². The minimum absolute atomic E-state index is 0.0883. The molecule has 0 aromatic carbocycles. The van der Waals surface area contributed by atoms with Gasteiger partial charge in [-0.1, -0.05) is 20.3 Å². The van der Waals surface area contributed by atoms with Crippen molar-refractivity contribution in [3.63, 3.8) is 0 Å². The lowest BCUT2D eigenvalue weighted by molar-refractivity contribution is -0.140. The van der Waals surface area contributed by atoms with Gasteiger partial charge in [0.1, 0.15) is 6.04 Å². The third kappa shape index (κ3) is 3.34. The van der Waals surface area contributed by atoms with E-state index in [1.165, 1.54) is 0 Å². The molecule has 0 heterocycles. The monoisotopic (exact) mass is 303 g/mol. The number of aliphatic carboxylic acids is 1. The van der Waals surface area contributed by atoms with Gasteiger partial charge in [0.25, 0.3) is 0 Å². The van der Waals surface area contributed by atoms with Crippen molar-refractivity contribution < 1.29 is 18.3 Å². The molecule has 6 heteroatoms. The number of rotatable bonds is 7. The molecule has 0 unspecified atom stereocenters. The van der Waals surface area contributed by atoms with Gasteiger partial charge in [-0.05, 0) is 49.4 Å². The van der Waals surface area contributed by atoms with Crippen LogP contribution in [0.2, 0.25) is 0 Å². The summed E-state index contributed by atoms with van der Waals surface area (Å²) in [5.41, 5.74) is -0.0883. The fourth-order valence-corrected chi connectivity index (χ4v) is 5.81. The fraction of sp³-hybridized carbons (Fsp3) is 0.929. The number of nitrogens with one attached hydrogen (secondary N) is 1. The van der Waals surface area contributed by atoms with Gasteiger partial charge in [0.2, 0.25) is 10.0 Å². The minimum Gasteiger partial charge on any atom is -0.480 e. The van der Waals surface area contributed by atoms with Crippen molar-refractivity contribution in [1.82, 2.24) is 4.72 Å². The van der Waals surface area contributed by atoms with Gasteiger partial charge in [-0.25, -0.2) is 13.1 Å². The van der Waals surface area contributed by atoms with Gasteiger partial charge < -0.3 is 5.11 Å². The van der Waals surface area contributed by atoms with Crippen LogP contribution in [-0.2, 0) is 14.8 Å². The molecule has 2 saturated carbocycles. The van der Waals surface area contributed by atoms with Gasteiger partial charge in [0.15, 0.2) is 0 Å². The van der Waals surface area contributed by atoms with Crippen LogP contribution in [0.15, 0.2) is 0 Å². The van der Waals surface area contributed by atoms with E-state index in [9.17, 15) is 18.3 Å². The third-order valence-corrected chi connectivity index (χ3v) is 6.77. The molecular weight excluding hydrogens is 278 g/mol. The third-order valence-electron chi connectivity index (χ3n) is 5.17. The Balaban J connectivity index is 2.04. The Morgan fingerprint density at radius 3 is 2.40 bits per heavy atom. The second-order valence-electron chi connectivity index (χ2n) is 6.73. The number of fused-ring (bicyclic) bond motifs is 2. The first-order valence-electron chi connectivity index (χ1n) is 7.50. The number of hydrogen-bond acceptors (Lipinski definition) is 3. The van der Waals surface area contributed by atoms with Crippen LogP contribution in [0.4, 0.5) is 0 Å². The van der Waals surface area contributed by atoms with Crippen LogP contribution in [-0.4, -0.2) is 31.3 Å². The summed E-state index contributed by atoms with van der Waals surface area (Å²) in [7, 11) is -3.54. The highest BCUT2D eigenvalue weighted by Gasteiger charge is 2.47. The van der Waals surface area contributed by atoms with E-state index in [4.69, 9.17) is 0 Å². The zero-order chi connectivity index (χ0) is 15.0. The predicted octanol–water partition coefficient (Wildman–Crippen LogP) is 1.99. The number of sulfonamides is 1. The van der Waals surface area contributed by atoms with Crippen LogP contribution in [0.3, 0.4) is 0 Å². The van der Waals surface area contributed by atoms with Crippen molar-refractivity contribution in [1.29, 1.82) is 0 Å². The first-order chi connectivity index (χ1) is 9.27. The number of hydrogen-bond donors (Lipinski definition) is 2. The first-order valence-corrected chi connectivity index (χ1v) is 9.15. The molecule has 2 rings (SSSR count). The largest absolute Gasteiger partial charge is 0.480 e. The SMILES string of the molecule is CC[C@H](C)[C@H](NS(=O)(=O)CC12CCC(CC1)C2)C(=O)O. The Kier molecular flexibility index (Phi) is 4.44. The van der Waals surface area contributed by atoms with E-state index in [0.717, 1.165) is 32.1 Å². The van der Waals surface area contributed by atoms with Gasteiger partial charge in [-0.3, -0.25) is 4.79 Å². The quantitative estimate of drug-likeness (QED) is 0.753. The molecule has 0 aliphatic heterocycles. The molecule has 0 saturated heterocycles. The maximum Gasteiger partial charge on any atom is 0.322 e. The lowest BCUT2D eigenvalue weighted by atomic mass is 9.87. The molecule has 0 aromatic rings. The van der Waals surface area contributed by atoms with Crippen LogP contribution in [0.25, 0.3) is 0 Å². The second-order valence-corrected chi connectivity index (χ2v) is 8.48. The van der Waals surface area contributed by atoms with Crippen molar-refractivity contribution in [2.75, 3.05) is 5.75 Å². The molecule has 0 spiro atoms. The van der Waals surface area contributed by atoms with E-state index in [1.807, 2.05) is 6.92 Å². The highest BCUT2D eigenvalue weighted by atomic mass is 32.2. The summed E-state index contributed by atoms with van der Waals surface area (Å²) in [4.78, 5) is 11.2. The first kappa shape index (κ1) is 15.8. The van der Waals surface area contributed by atoms with Crippen LogP contribution in [0.1, 0.15) is 52.4 Å². The van der Waals surface area contributed by atoms with Crippen molar-refractivity contribution in [3.05, 3.63) is 0 Å². The lowest BCUT2D eigenvalue weighted by Gasteiger charge is -2.28. The van der Waals surface area contributed by atoms with Gasteiger partial charge in [-0.2, -0.15) is 0 Å². The molecule has 2 aliphatic rings. The van der Waals surface area contributed by atoms with Crippen LogP contribution < -0.4 is 4.72 Å². The molecule has 2 aliphatic carbocycles. The summed E-state index contributed by atoms with van der Waals surface area (Å²) in [5.74, 6) is -0.512. The smallest absolute Gasteiger partial charge is 0.322 e. The van der Waals surface area contributed by atoms with Gasteiger partial charge in [-0.15, -0.1) is 0 Å². The van der Waals surface area contributed by atoms with E-state index < -0.39 is 22.0 Å². The van der Waals surface area contributed by atoms with Crippen molar-refractivity contribution in [3.8, 4) is 0 Å². The topological polar surface area (TPSA) is 83.5 Å². The maximum absolute atomic E-state index is 12.3. The summed E-state index contributed by atoms with van der Waals surface area (Å²) in [5, 5.41) is 9.20. The van der Waals surface area contributed by atoms with E-state index in [2.05, 4.69) is 4.72 Å². The minimum atomic E-state index is -3.54. The molecule has 2 atom stereocenters. The molecule has 0 amide bonds. The molecule has 2 fully saturated rings. The van der Waals surface area contributed by atoms with E-state index in [1.54, 1.807) is 6.92 Å². The summed E-state index contributed by atoms with van der Waals surface area (Å²) >= 11 is 0. The van der Waals surface area contributed by atoms with Crippen LogP contribution >= 0.6 is 0 Å². The average Bonchev–Trinajstić information content (AvgIpc) is 2.93. The molecule has 20 heavy (non-hydrogen) atoms. The van der Waals surface area contributed by atoms with Crippen molar-refractivity contribution >= 4 is 16.0 Å².